The van der Waals surface area contributed by atoms with Gasteiger partial charge in [0, 0.05) is 5.56 Å². The van der Waals surface area contributed by atoms with E-state index >= 15 is 0 Å². The lowest BCUT2D eigenvalue weighted by Gasteiger charge is -2.11. The summed E-state index contributed by atoms with van der Waals surface area (Å²) >= 11 is 0. The van der Waals surface area contributed by atoms with Crippen LogP contribution < -0.4 is 17.0 Å². The zero-order valence-corrected chi connectivity index (χ0v) is 15.8. The van der Waals surface area contributed by atoms with Gasteiger partial charge in [0.15, 0.2) is 5.71 Å². The summed E-state index contributed by atoms with van der Waals surface area (Å²) in [6.45, 7) is 3.17. The van der Waals surface area contributed by atoms with Crippen LogP contribution in [0.4, 0.5) is 5.95 Å². The molecule has 0 unspecified atom stereocenters. The van der Waals surface area contributed by atoms with Crippen LogP contribution in [0.25, 0.3) is 11.0 Å². The molecule has 3 aromatic rings. The Bertz CT molecular complexity index is 1150. The molecule has 0 bridgehead atoms. The van der Waals surface area contributed by atoms with Crippen LogP contribution in [0.3, 0.4) is 0 Å². The average molecular weight is 385 g/mol. The van der Waals surface area contributed by atoms with Crippen molar-refractivity contribution in [3.05, 3.63) is 59.7 Å². The maximum atomic E-state index is 12.7. The molecular weight excluding hydrogens is 364 g/mol. The molecule has 140 valence electrons. The van der Waals surface area contributed by atoms with Crippen molar-refractivity contribution >= 4 is 38.4 Å². The third-order valence-corrected chi connectivity index (χ3v) is 6.31. The first-order valence-electron chi connectivity index (χ1n) is 8.26. The molecule has 0 spiro atoms. The van der Waals surface area contributed by atoms with Gasteiger partial charge in [0.1, 0.15) is 0 Å². The highest BCUT2D eigenvalue weighted by Gasteiger charge is 2.26. The van der Waals surface area contributed by atoms with Gasteiger partial charge in [0.2, 0.25) is 21.7 Å². The summed E-state index contributed by atoms with van der Waals surface area (Å²) in [6.07, 6.45) is 0. The Kier molecular flexibility index (Phi) is 4.71. The van der Waals surface area contributed by atoms with Crippen LogP contribution >= 0.6 is 0 Å². The van der Waals surface area contributed by atoms with Crippen molar-refractivity contribution in [2.75, 3.05) is 5.73 Å². The van der Waals surface area contributed by atoms with Crippen molar-refractivity contribution in [2.24, 2.45) is 10.9 Å². The predicted octanol–water partition coefficient (Wildman–Crippen LogP) is 0.116. The van der Waals surface area contributed by atoms with Crippen LogP contribution in [0.2, 0.25) is 0 Å². The fourth-order valence-electron chi connectivity index (χ4n) is 2.75. The van der Waals surface area contributed by atoms with E-state index in [9.17, 15) is 8.42 Å². The van der Waals surface area contributed by atoms with E-state index < -0.39 is 15.3 Å². The molecule has 9 heteroatoms. The van der Waals surface area contributed by atoms with Crippen molar-refractivity contribution in [3.8, 4) is 0 Å². The number of hydrazone groups is 1. The van der Waals surface area contributed by atoms with Crippen molar-refractivity contribution < 1.29 is 13.8 Å². The Hall–Kier alpha value is -3.20. The highest BCUT2D eigenvalue weighted by molar-refractivity contribution is 7.90. The van der Waals surface area contributed by atoms with E-state index in [1.54, 1.807) is 32.0 Å². The summed E-state index contributed by atoms with van der Waals surface area (Å²) in [5, 5.41) is 9.44. The van der Waals surface area contributed by atoms with E-state index in [0.717, 1.165) is 9.54 Å². The molecule has 2 aromatic carbocycles. The van der Waals surface area contributed by atoms with Gasteiger partial charge in [0.05, 0.1) is 21.8 Å². The molecule has 0 aliphatic carbocycles. The number of nitrogens with two attached hydrogens (primary N) is 3. The van der Waals surface area contributed by atoms with Gasteiger partial charge in [-0.15, -0.1) is 0 Å². The van der Waals surface area contributed by atoms with Crippen molar-refractivity contribution in [3.63, 3.8) is 0 Å². The summed E-state index contributed by atoms with van der Waals surface area (Å²) in [4.78, 5) is 4.14. The fraction of sp³-hybridized carbons (Fsp3) is 0.167. The summed E-state index contributed by atoms with van der Waals surface area (Å²) in [6, 6.07) is 14.3. The minimum atomic E-state index is -3.69. The molecule has 0 radical (unpaired) electrons. The SMILES string of the molecule is CC(C)S(=O)(=O)n1c(N)nc2ccc(C(=[NH2+])/C(=N\N)c3ccccc3)cc21. The van der Waals surface area contributed by atoms with E-state index in [4.69, 9.17) is 17.0 Å². The molecule has 1 heterocycles. The number of imidazole rings is 1. The molecule has 0 saturated heterocycles. The zero-order chi connectivity index (χ0) is 19.8. The van der Waals surface area contributed by atoms with E-state index in [1.165, 1.54) is 0 Å². The summed E-state index contributed by atoms with van der Waals surface area (Å²) in [7, 11) is -3.69. The highest BCUT2D eigenvalue weighted by atomic mass is 32.2. The van der Waals surface area contributed by atoms with Crippen molar-refractivity contribution in [1.29, 1.82) is 0 Å². The number of hydrogen-bond acceptors (Lipinski definition) is 6. The Morgan fingerprint density at radius 3 is 2.41 bits per heavy atom. The highest BCUT2D eigenvalue weighted by Crippen LogP contribution is 2.24. The third-order valence-electron chi connectivity index (χ3n) is 4.23. The molecular formula is C18H21N6O2S+. The number of fused-ring (bicyclic) bond motifs is 1. The Morgan fingerprint density at radius 1 is 1.15 bits per heavy atom. The van der Waals surface area contributed by atoms with Gasteiger partial charge >= 0.3 is 0 Å². The van der Waals surface area contributed by atoms with E-state index in [-0.39, 0.29) is 5.95 Å². The number of nitrogens with zero attached hydrogens (tertiary/aromatic N) is 3. The number of nitrogen functional groups attached to an aromatic ring is 1. The fourth-order valence-corrected chi connectivity index (χ4v) is 3.89. The normalized spacial score (nSPS) is 12.6. The zero-order valence-electron chi connectivity index (χ0n) is 15.0. The van der Waals surface area contributed by atoms with Crippen molar-refractivity contribution in [2.45, 2.75) is 19.1 Å². The van der Waals surface area contributed by atoms with Crippen molar-refractivity contribution in [1.82, 2.24) is 8.96 Å². The van der Waals surface area contributed by atoms with Gasteiger partial charge in [-0.3, -0.25) is 5.41 Å². The average Bonchev–Trinajstić information content (AvgIpc) is 2.98. The number of rotatable bonds is 5. The van der Waals surface area contributed by atoms with Crippen LogP contribution in [0, 0.1) is 0 Å². The smallest absolute Gasteiger partial charge is 0.244 e. The van der Waals surface area contributed by atoms with Crippen LogP contribution in [0.5, 0.6) is 0 Å². The molecule has 0 atom stereocenters. The second-order valence-electron chi connectivity index (χ2n) is 6.29. The lowest BCUT2D eigenvalue weighted by Crippen LogP contribution is -2.46. The Balaban J connectivity index is 2.16. The monoisotopic (exact) mass is 385 g/mol. The van der Waals surface area contributed by atoms with Gasteiger partial charge in [-0.2, -0.15) is 5.10 Å². The minimum absolute atomic E-state index is 0.0924. The van der Waals surface area contributed by atoms with Gasteiger partial charge in [0.25, 0.3) is 0 Å². The first kappa shape index (κ1) is 18.6. The van der Waals surface area contributed by atoms with E-state index in [2.05, 4.69) is 10.1 Å². The number of hydrogen-bond donors (Lipinski definition) is 3. The first-order valence-corrected chi connectivity index (χ1v) is 9.76. The molecule has 1 aromatic heterocycles. The molecule has 3 rings (SSSR count). The number of benzene rings is 2. The van der Waals surface area contributed by atoms with Gasteiger partial charge < -0.3 is 11.6 Å². The van der Waals surface area contributed by atoms with E-state index in [1.807, 2.05) is 30.3 Å². The Morgan fingerprint density at radius 2 is 1.81 bits per heavy atom. The predicted molar refractivity (Wildman–Crippen MR) is 107 cm³/mol. The molecule has 6 N–H and O–H groups in total. The topological polar surface area (TPSA) is 142 Å². The maximum absolute atomic E-state index is 12.7. The largest absolute Gasteiger partial charge is 0.368 e. The molecule has 0 amide bonds. The summed E-state index contributed by atoms with van der Waals surface area (Å²) in [5.74, 6) is 5.46. The molecule has 0 aliphatic heterocycles. The van der Waals surface area contributed by atoms with Gasteiger partial charge in [-0.25, -0.2) is 17.4 Å². The molecule has 27 heavy (non-hydrogen) atoms. The Labute approximate surface area is 157 Å². The first-order chi connectivity index (χ1) is 12.8. The second kappa shape index (κ2) is 6.84. The molecule has 0 saturated carbocycles. The quantitative estimate of drug-likeness (QED) is 0.325. The standard InChI is InChI=1S/C18H20N6O2S/c1-11(2)27(25,26)24-15-10-13(8-9-14(15)22-18(24)20)16(19)17(23-21)12-6-4-3-5-7-12/h3-11,19H,21H2,1-2H3,(H2,20,22)/p+1/b19-16?,23-17-. The van der Waals surface area contributed by atoms with Gasteiger partial charge in [-0.1, -0.05) is 30.3 Å². The summed E-state index contributed by atoms with van der Waals surface area (Å²) in [5.41, 5.74) is 8.72. The molecule has 8 nitrogen and oxygen atoms in total. The second-order valence-corrected chi connectivity index (χ2v) is 8.63. The maximum Gasteiger partial charge on any atom is 0.244 e. The lowest BCUT2D eigenvalue weighted by atomic mass is 9.99. The van der Waals surface area contributed by atoms with Crippen LogP contribution in [0.1, 0.15) is 25.0 Å². The lowest BCUT2D eigenvalue weighted by molar-refractivity contribution is -0.109. The molecule has 0 fully saturated rings. The number of anilines is 1. The van der Waals surface area contributed by atoms with Crippen LogP contribution in [-0.4, -0.2) is 34.0 Å². The van der Waals surface area contributed by atoms with Crippen LogP contribution in [-0.2, 0) is 10.0 Å². The summed E-state index contributed by atoms with van der Waals surface area (Å²) < 4.78 is 26.4. The number of aromatic nitrogens is 2. The third kappa shape index (κ3) is 3.17. The van der Waals surface area contributed by atoms with Crippen LogP contribution in [0.15, 0.2) is 53.6 Å². The minimum Gasteiger partial charge on any atom is -0.368 e. The van der Waals surface area contributed by atoms with E-state index in [0.29, 0.717) is 28.0 Å². The molecule has 0 aliphatic rings. The van der Waals surface area contributed by atoms with Gasteiger partial charge in [-0.05, 0) is 32.0 Å².